The summed E-state index contributed by atoms with van der Waals surface area (Å²) < 4.78 is 0. The summed E-state index contributed by atoms with van der Waals surface area (Å²) in [6, 6.07) is 11.9. The zero-order chi connectivity index (χ0) is 15.4. The number of carbonyl (C=O) groups excluding carboxylic acids is 1. The van der Waals surface area contributed by atoms with Crippen LogP contribution in [0.15, 0.2) is 42.6 Å². The number of pyridine rings is 1. The van der Waals surface area contributed by atoms with E-state index in [-0.39, 0.29) is 11.1 Å². The van der Waals surface area contributed by atoms with Crippen LogP contribution in [0, 0.1) is 0 Å². The molecule has 4 nitrogen and oxygen atoms in total. The highest BCUT2D eigenvalue weighted by atomic mass is 35.5. The van der Waals surface area contributed by atoms with Gasteiger partial charge >= 0.3 is 0 Å². The Kier molecular flexibility index (Phi) is 4.59. The summed E-state index contributed by atoms with van der Waals surface area (Å²) >= 11 is 5.91. The van der Waals surface area contributed by atoms with E-state index in [4.69, 9.17) is 11.6 Å². The molecule has 1 aliphatic heterocycles. The van der Waals surface area contributed by atoms with E-state index in [1.165, 1.54) is 11.3 Å². The topological polar surface area (TPSA) is 45.2 Å². The van der Waals surface area contributed by atoms with Gasteiger partial charge in [-0.15, -0.1) is 0 Å². The van der Waals surface area contributed by atoms with Crippen LogP contribution in [-0.2, 0) is 6.42 Å². The molecule has 1 aromatic carbocycles. The summed E-state index contributed by atoms with van der Waals surface area (Å²) in [6.07, 6.45) is 3.58. The number of benzene rings is 1. The molecule has 0 saturated heterocycles. The van der Waals surface area contributed by atoms with Crippen molar-refractivity contribution in [3.8, 4) is 0 Å². The van der Waals surface area contributed by atoms with Crippen molar-refractivity contribution in [3.05, 3.63) is 58.9 Å². The first-order chi connectivity index (χ1) is 10.8. The molecule has 1 N–H and O–H groups in total. The Hall–Kier alpha value is -2.07. The second-order valence-corrected chi connectivity index (χ2v) is 5.68. The predicted molar refractivity (Wildman–Crippen MR) is 88.6 cm³/mol. The highest BCUT2D eigenvalue weighted by Gasteiger charge is 2.17. The van der Waals surface area contributed by atoms with Gasteiger partial charge in [-0.25, -0.2) is 4.98 Å². The van der Waals surface area contributed by atoms with Gasteiger partial charge in [-0.05, 0) is 36.6 Å². The number of carbonyl (C=O) groups is 1. The number of anilines is 1. The second-order valence-electron chi connectivity index (χ2n) is 5.32. The normalized spacial score (nSPS) is 13.0. The minimum absolute atomic E-state index is 0.167. The molecule has 0 bridgehead atoms. The molecule has 1 aliphatic rings. The van der Waals surface area contributed by atoms with Crippen molar-refractivity contribution in [1.82, 2.24) is 10.3 Å². The lowest BCUT2D eigenvalue weighted by Gasteiger charge is -2.19. The SMILES string of the molecule is O=C(NCCCN1CCc2ccccc21)c1cccnc1Cl. The molecule has 0 fully saturated rings. The number of nitrogens with zero attached hydrogens (tertiary/aromatic N) is 2. The minimum atomic E-state index is -0.167. The molecule has 0 atom stereocenters. The number of para-hydroxylation sites is 1. The van der Waals surface area contributed by atoms with E-state index in [1.54, 1.807) is 18.3 Å². The smallest absolute Gasteiger partial charge is 0.254 e. The van der Waals surface area contributed by atoms with Crippen LogP contribution >= 0.6 is 11.6 Å². The first-order valence-electron chi connectivity index (χ1n) is 7.47. The van der Waals surface area contributed by atoms with Crippen molar-refractivity contribution in [2.45, 2.75) is 12.8 Å². The molecule has 0 aliphatic carbocycles. The first-order valence-corrected chi connectivity index (χ1v) is 7.85. The number of fused-ring (bicyclic) bond motifs is 1. The van der Waals surface area contributed by atoms with Gasteiger partial charge in [0.1, 0.15) is 5.15 Å². The fourth-order valence-corrected chi connectivity index (χ4v) is 2.97. The van der Waals surface area contributed by atoms with Gasteiger partial charge in [0.25, 0.3) is 5.91 Å². The third kappa shape index (κ3) is 3.22. The van der Waals surface area contributed by atoms with E-state index in [2.05, 4.69) is 39.5 Å². The van der Waals surface area contributed by atoms with Crippen molar-refractivity contribution in [2.24, 2.45) is 0 Å². The zero-order valence-corrected chi connectivity index (χ0v) is 13.0. The Morgan fingerprint density at radius 3 is 3.00 bits per heavy atom. The number of amides is 1. The largest absolute Gasteiger partial charge is 0.371 e. The number of halogens is 1. The van der Waals surface area contributed by atoms with E-state index in [0.29, 0.717) is 12.1 Å². The first kappa shape index (κ1) is 14.9. The van der Waals surface area contributed by atoms with E-state index >= 15 is 0 Å². The summed E-state index contributed by atoms with van der Waals surface area (Å²) in [7, 11) is 0. The molecule has 1 amide bonds. The average Bonchev–Trinajstić information content (AvgIpc) is 2.95. The van der Waals surface area contributed by atoms with Crippen LogP contribution in [0.2, 0.25) is 5.15 Å². The van der Waals surface area contributed by atoms with Gasteiger partial charge in [0.05, 0.1) is 5.56 Å². The average molecular weight is 316 g/mol. The van der Waals surface area contributed by atoms with Crippen LogP contribution in [0.1, 0.15) is 22.3 Å². The highest BCUT2D eigenvalue weighted by Crippen LogP contribution is 2.27. The van der Waals surface area contributed by atoms with Gasteiger partial charge in [0.15, 0.2) is 0 Å². The lowest BCUT2D eigenvalue weighted by molar-refractivity contribution is 0.0953. The molecule has 0 unspecified atom stereocenters. The molecule has 5 heteroatoms. The fourth-order valence-electron chi connectivity index (χ4n) is 2.76. The number of rotatable bonds is 5. The van der Waals surface area contributed by atoms with E-state index < -0.39 is 0 Å². The highest BCUT2D eigenvalue weighted by molar-refractivity contribution is 6.32. The maximum Gasteiger partial charge on any atom is 0.254 e. The minimum Gasteiger partial charge on any atom is -0.371 e. The maximum absolute atomic E-state index is 12.0. The van der Waals surface area contributed by atoms with Gasteiger partial charge in [-0.2, -0.15) is 0 Å². The molecule has 114 valence electrons. The van der Waals surface area contributed by atoms with Crippen LogP contribution in [-0.4, -0.2) is 30.5 Å². The quantitative estimate of drug-likeness (QED) is 0.681. The number of hydrogen-bond donors (Lipinski definition) is 1. The van der Waals surface area contributed by atoms with Gasteiger partial charge in [-0.1, -0.05) is 29.8 Å². The third-order valence-corrected chi connectivity index (χ3v) is 4.18. The second kappa shape index (κ2) is 6.79. The Labute approximate surface area is 135 Å². The number of aromatic nitrogens is 1. The maximum atomic E-state index is 12.0. The van der Waals surface area contributed by atoms with Crippen LogP contribution in [0.25, 0.3) is 0 Å². The van der Waals surface area contributed by atoms with Crippen LogP contribution in [0.5, 0.6) is 0 Å². The molecule has 22 heavy (non-hydrogen) atoms. The van der Waals surface area contributed by atoms with Crippen LogP contribution in [0.3, 0.4) is 0 Å². The monoisotopic (exact) mass is 315 g/mol. The van der Waals surface area contributed by atoms with Crippen molar-refractivity contribution in [1.29, 1.82) is 0 Å². The fraction of sp³-hybridized carbons (Fsp3) is 0.294. The third-order valence-electron chi connectivity index (χ3n) is 3.88. The van der Waals surface area contributed by atoms with Gasteiger partial charge in [-0.3, -0.25) is 4.79 Å². The Balaban J connectivity index is 1.47. The van der Waals surface area contributed by atoms with E-state index in [1.807, 2.05) is 0 Å². The molecule has 0 radical (unpaired) electrons. The lowest BCUT2D eigenvalue weighted by Crippen LogP contribution is -2.29. The number of nitrogens with one attached hydrogen (secondary N) is 1. The van der Waals surface area contributed by atoms with Crippen molar-refractivity contribution in [3.63, 3.8) is 0 Å². The molecule has 2 heterocycles. The van der Waals surface area contributed by atoms with Crippen LogP contribution < -0.4 is 10.2 Å². The Morgan fingerprint density at radius 2 is 2.14 bits per heavy atom. The summed E-state index contributed by atoms with van der Waals surface area (Å²) in [5, 5.41) is 3.14. The Morgan fingerprint density at radius 1 is 1.27 bits per heavy atom. The van der Waals surface area contributed by atoms with E-state index in [9.17, 15) is 4.79 Å². The van der Waals surface area contributed by atoms with Crippen LogP contribution in [0.4, 0.5) is 5.69 Å². The molecular weight excluding hydrogens is 298 g/mol. The predicted octanol–water partition coefficient (Wildman–Crippen LogP) is 2.92. The number of hydrogen-bond acceptors (Lipinski definition) is 3. The summed E-state index contributed by atoms with van der Waals surface area (Å²) in [4.78, 5) is 18.3. The van der Waals surface area contributed by atoms with Gasteiger partial charge in [0, 0.05) is 31.5 Å². The zero-order valence-electron chi connectivity index (χ0n) is 12.3. The van der Waals surface area contributed by atoms with Gasteiger partial charge < -0.3 is 10.2 Å². The van der Waals surface area contributed by atoms with Crippen molar-refractivity contribution in [2.75, 3.05) is 24.5 Å². The molecule has 3 rings (SSSR count). The van der Waals surface area contributed by atoms with E-state index in [0.717, 1.165) is 25.9 Å². The molecule has 2 aromatic rings. The summed E-state index contributed by atoms with van der Waals surface area (Å²) in [6.45, 7) is 2.63. The molecule has 0 spiro atoms. The van der Waals surface area contributed by atoms with Crippen molar-refractivity contribution >= 4 is 23.2 Å². The summed E-state index contributed by atoms with van der Waals surface area (Å²) in [5.41, 5.74) is 3.16. The molecule has 0 saturated carbocycles. The Bertz CT molecular complexity index is 674. The molecular formula is C17H18ClN3O. The molecule has 1 aromatic heterocycles. The van der Waals surface area contributed by atoms with Gasteiger partial charge in [0.2, 0.25) is 0 Å². The lowest BCUT2D eigenvalue weighted by atomic mass is 10.2. The van der Waals surface area contributed by atoms with Crippen molar-refractivity contribution < 1.29 is 4.79 Å². The summed E-state index contributed by atoms with van der Waals surface area (Å²) in [5.74, 6) is -0.167. The standard InChI is InChI=1S/C17H18ClN3O/c18-16-14(6-3-9-19-16)17(22)20-10-4-11-21-12-8-13-5-1-2-7-15(13)21/h1-3,5-7,9H,4,8,10-12H2,(H,20,22).